The molecule has 8 heteroatoms. The number of hydrogen-bond acceptors (Lipinski definition) is 4. The number of ether oxygens (including phenoxy) is 1. The lowest BCUT2D eigenvalue weighted by Crippen LogP contribution is -2.29. The number of nitrogens with zero attached hydrogens (tertiary/aromatic N) is 3. The molecular formula is C18H16Cl2N4O2. The third-order valence-electron chi connectivity index (χ3n) is 3.62. The summed E-state index contributed by atoms with van der Waals surface area (Å²) in [7, 11) is 1.82. The van der Waals surface area contributed by atoms with Gasteiger partial charge in [-0.15, -0.1) is 0 Å². The average molecular weight is 391 g/mol. The summed E-state index contributed by atoms with van der Waals surface area (Å²) in [6.45, 7) is 0.180. The van der Waals surface area contributed by atoms with Crippen LogP contribution in [0.3, 0.4) is 0 Å². The molecule has 3 aromatic rings. The summed E-state index contributed by atoms with van der Waals surface area (Å²) < 4.78 is 7.12. The topological polar surface area (TPSA) is 69.0 Å². The van der Waals surface area contributed by atoms with Crippen molar-refractivity contribution in [3.8, 4) is 17.1 Å². The number of hydrogen-bond donors (Lipinski definition) is 1. The second-order valence-electron chi connectivity index (χ2n) is 5.50. The summed E-state index contributed by atoms with van der Waals surface area (Å²) in [5.41, 5.74) is 2.38. The molecule has 1 amide bonds. The number of aryl methyl sites for hydroxylation is 1. The molecule has 0 radical (unpaired) electrons. The van der Waals surface area contributed by atoms with E-state index in [1.165, 1.54) is 0 Å². The molecule has 0 saturated heterocycles. The van der Waals surface area contributed by atoms with Gasteiger partial charge < -0.3 is 10.1 Å². The molecule has 2 heterocycles. The van der Waals surface area contributed by atoms with Crippen molar-refractivity contribution in [3.05, 3.63) is 64.4 Å². The van der Waals surface area contributed by atoms with Crippen LogP contribution in [0.4, 0.5) is 0 Å². The Morgan fingerprint density at radius 1 is 1.19 bits per heavy atom. The summed E-state index contributed by atoms with van der Waals surface area (Å²) in [6, 6.07) is 12.4. The Morgan fingerprint density at radius 3 is 2.77 bits per heavy atom. The summed E-state index contributed by atoms with van der Waals surface area (Å²) >= 11 is 11.8. The Morgan fingerprint density at radius 2 is 2.04 bits per heavy atom. The monoisotopic (exact) mass is 390 g/mol. The van der Waals surface area contributed by atoms with Gasteiger partial charge in [-0.1, -0.05) is 29.3 Å². The van der Waals surface area contributed by atoms with E-state index in [-0.39, 0.29) is 12.5 Å². The number of carbonyl (C=O) groups excluding carboxylic acids is 1. The number of halogens is 2. The summed E-state index contributed by atoms with van der Waals surface area (Å²) in [6.07, 6.45) is 1.71. The molecule has 0 saturated carbocycles. The van der Waals surface area contributed by atoms with Crippen molar-refractivity contribution in [2.45, 2.75) is 6.54 Å². The van der Waals surface area contributed by atoms with Crippen LogP contribution in [-0.4, -0.2) is 27.3 Å². The SMILES string of the molecule is Cn1nc(-c2ccccn2)cc1CNC(=O)COc1ccc(Cl)cc1Cl. The molecule has 0 fully saturated rings. The first-order valence-corrected chi connectivity index (χ1v) is 8.57. The molecule has 1 N–H and O–H groups in total. The Hall–Kier alpha value is -2.57. The van der Waals surface area contributed by atoms with Crippen molar-refractivity contribution in [2.24, 2.45) is 7.05 Å². The fourth-order valence-corrected chi connectivity index (χ4v) is 2.75. The number of benzene rings is 1. The van der Waals surface area contributed by atoms with E-state index in [1.807, 2.05) is 31.3 Å². The molecule has 0 aliphatic heterocycles. The predicted molar refractivity (Wildman–Crippen MR) is 100 cm³/mol. The van der Waals surface area contributed by atoms with Crippen molar-refractivity contribution in [1.82, 2.24) is 20.1 Å². The molecule has 1 aromatic carbocycles. The highest BCUT2D eigenvalue weighted by Gasteiger charge is 2.10. The van der Waals surface area contributed by atoms with Gasteiger partial charge in [0.25, 0.3) is 5.91 Å². The van der Waals surface area contributed by atoms with E-state index in [2.05, 4.69) is 15.4 Å². The maximum Gasteiger partial charge on any atom is 0.258 e. The van der Waals surface area contributed by atoms with Crippen LogP contribution < -0.4 is 10.1 Å². The number of rotatable bonds is 6. The first-order valence-electron chi connectivity index (χ1n) is 7.82. The molecule has 134 valence electrons. The molecule has 26 heavy (non-hydrogen) atoms. The number of aromatic nitrogens is 3. The molecule has 2 aromatic heterocycles. The molecule has 0 spiro atoms. The largest absolute Gasteiger partial charge is 0.482 e. The normalized spacial score (nSPS) is 10.6. The van der Waals surface area contributed by atoms with Crippen molar-refractivity contribution in [3.63, 3.8) is 0 Å². The van der Waals surface area contributed by atoms with Crippen molar-refractivity contribution >= 4 is 29.1 Å². The first kappa shape index (κ1) is 18.2. The van der Waals surface area contributed by atoms with Gasteiger partial charge in [-0.05, 0) is 36.4 Å². The molecule has 0 unspecified atom stereocenters. The Balaban J connectivity index is 1.55. The Bertz CT molecular complexity index is 913. The van der Waals surface area contributed by atoms with Gasteiger partial charge in [0.05, 0.1) is 23.0 Å². The van der Waals surface area contributed by atoms with Crippen LogP contribution >= 0.6 is 23.2 Å². The van der Waals surface area contributed by atoms with Crippen LogP contribution in [0, 0.1) is 0 Å². The standard InChI is InChI=1S/C18H16Cl2N4O2/c1-24-13(9-16(23-24)15-4-2-3-7-21-15)10-22-18(25)11-26-17-6-5-12(19)8-14(17)20/h2-9H,10-11H2,1H3,(H,22,25). The van der Waals surface area contributed by atoms with Gasteiger partial charge in [0.15, 0.2) is 6.61 Å². The maximum absolute atomic E-state index is 12.0. The molecule has 0 bridgehead atoms. The highest BCUT2D eigenvalue weighted by molar-refractivity contribution is 6.35. The Kier molecular flexibility index (Phi) is 5.75. The van der Waals surface area contributed by atoms with Crippen LogP contribution in [0.1, 0.15) is 5.69 Å². The molecule has 3 rings (SSSR count). The van der Waals surface area contributed by atoms with Gasteiger partial charge in [0.2, 0.25) is 0 Å². The molecular weight excluding hydrogens is 375 g/mol. The van der Waals surface area contributed by atoms with Crippen molar-refractivity contribution in [1.29, 1.82) is 0 Å². The molecule has 0 atom stereocenters. The zero-order valence-electron chi connectivity index (χ0n) is 13.9. The minimum Gasteiger partial charge on any atom is -0.482 e. The molecule has 6 nitrogen and oxygen atoms in total. The predicted octanol–water partition coefficient (Wildman–Crippen LogP) is 3.48. The third kappa shape index (κ3) is 4.53. The van der Waals surface area contributed by atoms with E-state index in [1.54, 1.807) is 29.1 Å². The van der Waals surface area contributed by atoms with Gasteiger partial charge in [-0.3, -0.25) is 14.5 Å². The lowest BCUT2D eigenvalue weighted by Gasteiger charge is -2.09. The zero-order chi connectivity index (χ0) is 18.5. The third-order valence-corrected chi connectivity index (χ3v) is 4.15. The van der Waals surface area contributed by atoms with Crippen LogP contribution in [0.25, 0.3) is 11.4 Å². The number of carbonyl (C=O) groups is 1. The summed E-state index contributed by atoms with van der Waals surface area (Å²) in [5.74, 6) is 0.140. The van der Waals surface area contributed by atoms with Gasteiger partial charge >= 0.3 is 0 Å². The highest BCUT2D eigenvalue weighted by atomic mass is 35.5. The van der Waals surface area contributed by atoms with E-state index in [4.69, 9.17) is 27.9 Å². The van der Waals surface area contributed by atoms with Crippen LogP contribution in [0.15, 0.2) is 48.7 Å². The van der Waals surface area contributed by atoms with E-state index >= 15 is 0 Å². The van der Waals surface area contributed by atoms with E-state index in [9.17, 15) is 4.79 Å². The lowest BCUT2D eigenvalue weighted by molar-refractivity contribution is -0.123. The summed E-state index contributed by atoms with van der Waals surface area (Å²) in [5, 5.41) is 8.07. The van der Waals surface area contributed by atoms with Crippen LogP contribution in [-0.2, 0) is 18.4 Å². The average Bonchev–Trinajstić information content (AvgIpc) is 3.01. The number of nitrogens with one attached hydrogen (secondary N) is 1. The first-order chi connectivity index (χ1) is 12.5. The fourth-order valence-electron chi connectivity index (χ4n) is 2.29. The van der Waals surface area contributed by atoms with E-state index in [0.29, 0.717) is 22.3 Å². The maximum atomic E-state index is 12.0. The number of amides is 1. The lowest BCUT2D eigenvalue weighted by atomic mass is 10.2. The number of pyridine rings is 1. The van der Waals surface area contributed by atoms with E-state index < -0.39 is 0 Å². The van der Waals surface area contributed by atoms with Gasteiger partial charge in [-0.2, -0.15) is 5.10 Å². The van der Waals surface area contributed by atoms with Crippen molar-refractivity contribution < 1.29 is 9.53 Å². The van der Waals surface area contributed by atoms with Crippen LogP contribution in [0.2, 0.25) is 10.0 Å². The smallest absolute Gasteiger partial charge is 0.258 e. The van der Waals surface area contributed by atoms with Gasteiger partial charge in [0, 0.05) is 18.3 Å². The van der Waals surface area contributed by atoms with Gasteiger partial charge in [-0.25, -0.2) is 0 Å². The second-order valence-corrected chi connectivity index (χ2v) is 6.34. The van der Waals surface area contributed by atoms with E-state index in [0.717, 1.165) is 17.1 Å². The Labute approximate surface area is 160 Å². The zero-order valence-corrected chi connectivity index (χ0v) is 15.5. The highest BCUT2D eigenvalue weighted by Crippen LogP contribution is 2.27. The fraction of sp³-hybridized carbons (Fsp3) is 0.167. The van der Waals surface area contributed by atoms with Crippen LogP contribution in [0.5, 0.6) is 5.75 Å². The molecule has 0 aliphatic rings. The summed E-state index contributed by atoms with van der Waals surface area (Å²) in [4.78, 5) is 16.3. The quantitative estimate of drug-likeness (QED) is 0.699. The molecule has 0 aliphatic carbocycles. The minimum atomic E-state index is -0.267. The minimum absolute atomic E-state index is 0.147. The van der Waals surface area contributed by atoms with Gasteiger partial charge in [0.1, 0.15) is 11.4 Å². The van der Waals surface area contributed by atoms with Crippen molar-refractivity contribution in [2.75, 3.05) is 6.61 Å². The second kappa shape index (κ2) is 8.21.